The second kappa shape index (κ2) is 5.05. The fourth-order valence-electron chi connectivity index (χ4n) is 2.35. The number of aromatic nitrogens is 3. The topological polar surface area (TPSA) is 70.4 Å². The quantitative estimate of drug-likeness (QED) is 0.777. The number of H-pyrrole nitrogens is 1. The maximum Gasteiger partial charge on any atom is 0.262 e. The third-order valence-corrected chi connectivity index (χ3v) is 3.27. The van der Waals surface area contributed by atoms with Crippen molar-refractivity contribution < 1.29 is 9.50 Å². The number of fused-ring (bicyclic) bond motifs is 1. The van der Waals surface area contributed by atoms with Crippen LogP contribution in [0.5, 0.6) is 5.88 Å². The molecule has 2 aromatic heterocycles. The summed E-state index contributed by atoms with van der Waals surface area (Å²) in [5, 5.41) is 14.6. The van der Waals surface area contributed by atoms with Crippen LogP contribution in [0.4, 0.5) is 4.39 Å². The van der Waals surface area contributed by atoms with Crippen LogP contribution < -0.4 is 5.56 Å². The van der Waals surface area contributed by atoms with Gasteiger partial charge in [-0.3, -0.25) is 4.79 Å². The van der Waals surface area contributed by atoms with E-state index in [1.165, 1.54) is 22.7 Å². The Morgan fingerprint density at radius 2 is 2.19 bits per heavy atom. The minimum Gasteiger partial charge on any atom is -0.493 e. The third-order valence-electron chi connectivity index (χ3n) is 3.27. The van der Waals surface area contributed by atoms with E-state index in [0.29, 0.717) is 11.2 Å². The first-order chi connectivity index (χ1) is 10.1. The molecule has 21 heavy (non-hydrogen) atoms. The molecular formula is C15H14FN3O2. The van der Waals surface area contributed by atoms with Crippen LogP contribution >= 0.6 is 0 Å². The van der Waals surface area contributed by atoms with E-state index in [4.69, 9.17) is 0 Å². The third kappa shape index (κ3) is 2.29. The largest absolute Gasteiger partial charge is 0.493 e. The van der Waals surface area contributed by atoms with Crippen molar-refractivity contribution in [3.8, 4) is 17.0 Å². The van der Waals surface area contributed by atoms with E-state index in [2.05, 4.69) is 10.1 Å². The van der Waals surface area contributed by atoms with Gasteiger partial charge in [0.25, 0.3) is 5.56 Å². The van der Waals surface area contributed by atoms with Crippen LogP contribution in [0.1, 0.15) is 19.0 Å². The summed E-state index contributed by atoms with van der Waals surface area (Å²) in [5.41, 5.74) is 1.03. The van der Waals surface area contributed by atoms with Crippen LogP contribution in [0, 0.1) is 5.82 Å². The molecule has 0 fully saturated rings. The fraction of sp³-hybridized carbons (Fsp3) is 0.200. The van der Waals surface area contributed by atoms with E-state index >= 15 is 0 Å². The van der Waals surface area contributed by atoms with Crippen LogP contribution in [0.3, 0.4) is 0 Å². The zero-order valence-electron chi connectivity index (χ0n) is 11.4. The number of hydrogen-bond donors (Lipinski definition) is 2. The van der Waals surface area contributed by atoms with E-state index in [1.807, 2.05) is 6.92 Å². The molecule has 0 aliphatic heterocycles. The minimum atomic E-state index is -0.478. The van der Waals surface area contributed by atoms with Crippen molar-refractivity contribution in [1.29, 1.82) is 0 Å². The van der Waals surface area contributed by atoms with Crippen LogP contribution in [-0.2, 0) is 6.42 Å². The number of rotatable bonds is 3. The SMILES string of the molecule is CCCc1cc2[nH]c(=O)c(-c3cccc(F)c3)c(O)n2n1. The summed E-state index contributed by atoms with van der Waals surface area (Å²) in [4.78, 5) is 14.8. The molecule has 3 aromatic rings. The number of nitrogens with zero attached hydrogens (tertiary/aromatic N) is 2. The smallest absolute Gasteiger partial charge is 0.262 e. The van der Waals surface area contributed by atoms with Gasteiger partial charge in [-0.2, -0.15) is 9.61 Å². The molecule has 0 saturated heterocycles. The summed E-state index contributed by atoms with van der Waals surface area (Å²) in [7, 11) is 0. The number of halogens is 1. The normalized spacial score (nSPS) is 11.1. The van der Waals surface area contributed by atoms with E-state index in [0.717, 1.165) is 18.5 Å². The van der Waals surface area contributed by atoms with Crippen LogP contribution in [0.25, 0.3) is 16.8 Å². The molecule has 0 bridgehead atoms. The second-order valence-electron chi connectivity index (χ2n) is 4.85. The molecule has 3 rings (SSSR count). The summed E-state index contributed by atoms with van der Waals surface area (Å²) in [6.45, 7) is 2.02. The van der Waals surface area contributed by atoms with E-state index in [1.54, 1.807) is 12.1 Å². The standard InChI is InChI=1S/C15H14FN3O2/c1-2-4-11-8-12-17-14(20)13(15(21)19(12)18-11)9-5-3-6-10(16)7-9/h3,5-8,21H,2,4H2,1H3,(H,17,20). The van der Waals surface area contributed by atoms with Gasteiger partial charge in [0.2, 0.25) is 5.88 Å². The molecule has 0 amide bonds. The monoisotopic (exact) mass is 287 g/mol. The molecule has 0 aliphatic carbocycles. The molecule has 0 radical (unpaired) electrons. The molecule has 5 nitrogen and oxygen atoms in total. The molecule has 0 unspecified atom stereocenters. The fourth-order valence-corrected chi connectivity index (χ4v) is 2.35. The highest BCUT2D eigenvalue weighted by Crippen LogP contribution is 2.26. The van der Waals surface area contributed by atoms with Crippen molar-refractivity contribution >= 4 is 5.65 Å². The highest BCUT2D eigenvalue weighted by atomic mass is 19.1. The molecule has 0 aliphatic rings. The Hall–Kier alpha value is -2.63. The zero-order chi connectivity index (χ0) is 15.0. The molecule has 6 heteroatoms. The van der Waals surface area contributed by atoms with Crippen molar-refractivity contribution in [2.75, 3.05) is 0 Å². The molecule has 1 aromatic carbocycles. The van der Waals surface area contributed by atoms with Gasteiger partial charge in [0.05, 0.1) is 5.69 Å². The van der Waals surface area contributed by atoms with Gasteiger partial charge in [-0.05, 0) is 24.1 Å². The predicted octanol–water partition coefficient (Wildman–Crippen LogP) is 2.49. The van der Waals surface area contributed by atoms with E-state index in [-0.39, 0.29) is 11.4 Å². The lowest BCUT2D eigenvalue weighted by atomic mass is 10.1. The number of aryl methyl sites for hydroxylation is 1. The first-order valence-corrected chi connectivity index (χ1v) is 6.70. The lowest BCUT2D eigenvalue weighted by Gasteiger charge is -2.05. The van der Waals surface area contributed by atoms with Gasteiger partial charge in [-0.1, -0.05) is 25.5 Å². The van der Waals surface area contributed by atoms with Crippen molar-refractivity contribution in [2.24, 2.45) is 0 Å². The van der Waals surface area contributed by atoms with Crippen LogP contribution in [0.15, 0.2) is 35.1 Å². The summed E-state index contributed by atoms with van der Waals surface area (Å²) >= 11 is 0. The van der Waals surface area contributed by atoms with Crippen molar-refractivity contribution in [2.45, 2.75) is 19.8 Å². The van der Waals surface area contributed by atoms with Crippen LogP contribution in [0.2, 0.25) is 0 Å². The lowest BCUT2D eigenvalue weighted by Crippen LogP contribution is -2.12. The first kappa shape index (κ1) is 13.4. The lowest BCUT2D eigenvalue weighted by molar-refractivity contribution is 0.436. The highest BCUT2D eigenvalue weighted by Gasteiger charge is 2.16. The van der Waals surface area contributed by atoms with Crippen molar-refractivity contribution in [1.82, 2.24) is 14.6 Å². The average molecular weight is 287 g/mol. The summed E-state index contributed by atoms with van der Waals surface area (Å²) in [5.74, 6) is -0.764. The Kier molecular flexibility index (Phi) is 3.21. The van der Waals surface area contributed by atoms with Gasteiger partial charge in [0.1, 0.15) is 17.0 Å². The predicted molar refractivity (Wildman–Crippen MR) is 76.9 cm³/mol. The number of nitrogens with one attached hydrogen (secondary N) is 1. The zero-order valence-corrected chi connectivity index (χ0v) is 11.4. The van der Waals surface area contributed by atoms with E-state index in [9.17, 15) is 14.3 Å². The molecule has 0 saturated carbocycles. The Balaban J connectivity index is 2.26. The summed E-state index contributed by atoms with van der Waals surface area (Å²) < 4.78 is 14.6. The molecule has 0 spiro atoms. The first-order valence-electron chi connectivity index (χ1n) is 6.70. The van der Waals surface area contributed by atoms with E-state index < -0.39 is 11.4 Å². The maximum atomic E-state index is 13.3. The van der Waals surface area contributed by atoms with Gasteiger partial charge >= 0.3 is 0 Å². The molecule has 2 heterocycles. The Morgan fingerprint density at radius 3 is 2.90 bits per heavy atom. The van der Waals surface area contributed by atoms with Gasteiger partial charge in [-0.15, -0.1) is 0 Å². The number of aromatic amines is 1. The average Bonchev–Trinajstić information content (AvgIpc) is 2.82. The second-order valence-corrected chi connectivity index (χ2v) is 4.85. The van der Waals surface area contributed by atoms with Gasteiger partial charge < -0.3 is 10.1 Å². The minimum absolute atomic E-state index is 0.00754. The van der Waals surface area contributed by atoms with Crippen molar-refractivity contribution in [3.63, 3.8) is 0 Å². The Bertz CT molecular complexity index is 867. The molecule has 2 N–H and O–H groups in total. The molecule has 108 valence electrons. The number of hydrogen-bond acceptors (Lipinski definition) is 3. The Labute approximate surface area is 119 Å². The van der Waals surface area contributed by atoms with Gasteiger partial charge in [0.15, 0.2) is 0 Å². The summed E-state index contributed by atoms with van der Waals surface area (Å²) in [6.07, 6.45) is 1.66. The number of benzene rings is 1. The van der Waals surface area contributed by atoms with Gasteiger partial charge in [-0.25, -0.2) is 4.39 Å². The molecule has 0 atom stereocenters. The number of aromatic hydroxyl groups is 1. The maximum absolute atomic E-state index is 13.3. The van der Waals surface area contributed by atoms with Gasteiger partial charge in [0, 0.05) is 6.07 Å². The summed E-state index contributed by atoms with van der Waals surface area (Å²) in [6, 6.07) is 7.25. The Morgan fingerprint density at radius 1 is 1.38 bits per heavy atom. The van der Waals surface area contributed by atoms with Crippen molar-refractivity contribution in [3.05, 3.63) is 52.2 Å². The van der Waals surface area contributed by atoms with Crippen LogP contribution in [-0.4, -0.2) is 19.7 Å². The highest BCUT2D eigenvalue weighted by molar-refractivity contribution is 5.69. The molecular weight excluding hydrogens is 273 g/mol.